The number of ether oxygens (including phenoxy) is 1. The van der Waals surface area contributed by atoms with Gasteiger partial charge in [0.15, 0.2) is 9.84 Å². The molecule has 2 aliphatic rings. The Morgan fingerprint density at radius 3 is 2.38 bits per heavy atom. The Morgan fingerprint density at radius 2 is 1.68 bits per heavy atom. The first-order chi connectivity index (χ1) is 17.6. The molecular weight excluding hydrogens is 499 g/mol. The molecule has 190 valence electrons. The van der Waals surface area contributed by atoms with Crippen LogP contribution in [0.4, 0.5) is 15.8 Å². The van der Waals surface area contributed by atoms with E-state index in [1.807, 2.05) is 0 Å². The van der Waals surface area contributed by atoms with E-state index in [2.05, 4.69) is 0 Å². The number of ketones is 1. The maximum Gasteiger partial charge on any atom is 0.300 e. The molecule has 1 saturated heterocycles. The quantitative estimate of drug-likeness (QED) is 0.475. The minimum absolute atomic E-state index is 0.0169. The number of carbonyl (C=O) groups excluding carboxylic acids is 3. The van der Waals surface area contributed by atoms with Crippen LogP contribution in [0.25, 0.3) is 11.1 Å². The maximum atomic E-state index is 15.4. The molecule has 1 atom stereocenters. The number of benzene rings is 3. The monoisotopic (exact) mass is 522 g/mol. The molecule has 1 unspecified atom stereocenters. The predicted octanol–water partition coefficient (Wildman–Crippen LogP) is 3.63. The van der Waals surface area contributed by atoms with Gasteiger partial charge in [0.1, 0.15) is 17.6 Å². The van der Waals surface area contributed by atoms with E-state index in [1.54, 1.807) is 36.4 Å². The number of sulfone groups is 1. The second-order valence-electron chi connectivity index (χ2n) is 8.97. The zero-order chi connectivity index (χ0) is 26.5. The van der Waals surface area contributed by atoms with Gasteiger partial charge in [-0.2, -0.15) is 0 Å². The summed E-state index contributed by atoms with van der Waals surface area (Å²) in [5, 5.41) is 0. The molecule has 3 aromatic rings. The molecule has 3 aromatic carbocycles. The second kappa shape index (κ2) is 9.11. The van der Waals surface area contributed by atoms with Crippen LogP contribution in [0.3, 0.4) is 0 Å². The Bertz CT molecular complexity index is 1570. The number of rotatable bonds is 5. The van der Waals surface area contributed by atoms with Gasteiger partial charge in [0.05, 0.1) is 28.9 Å². The van der Waals surface area contributed by atoms with Gasteiger partial charge in [0.2, 0.25) is 5.91 Å². The molecule has 2 amide bonds. The summed E-state index contributed by atoms with van der Waals surface area (Å²) in [5.74, 6) is -2.32. The Hall–Kier alpha value is -4.05. The summed E-state index contributed by atoms with van der Waals surface area (Å²) in [6, 6.07) is 14.2. The van der Waals surface area contributed by atoms with Crippen LogP contribution in [0.15, 0.2) is 65.6 Å². The fraction of sp³-hybridized carbons (Fsp3) is 0.222. The lowest BCUT2D eigenvalue weighted by molar-refractivity contribution is -0.124. The summed E-state index contributed by atoms with van der Waals surface area (Å²) < 4.78 is 44.9. The number of hydrogen-bond donors (Lipinski definition) is 0. The average Bonchev–Trinajstić information content (AvgIpc) is 3.13. The van der Waals surface area contributed by atoms with Gasteiger partial charge in [-0.05, 0) is 54.8 Å². The highest BCUT2D eigenvalue weighted by Crippen LogP contribution is 2.37. The molecule has 0 bridgehead atoms. The lowest BCUT2D eigenvalue weighted by Gasteiger charge is -2.36. The molecule has 2 aliphatic heterocycles. The van der Waals surface area contributed by atoms with Crippen molar-refractivity contribution in [2.75, 3.05) is 29.7 Å². The van der Waals surface area contributed by atoms with Crippen LogP contribution >= 0.6 is 0 Å². The van der Waals surface area contributed by atoms with E-state index in [0.29, 0.717) is 35.4 Å². The van der Waals surface area contributed by atoms with E-state index in [4.69, 9.17) is 4.74 Å². The third kappa shape index (κ3) is 4.17. The van der Waals surface area contributed by atoms with E-state index in [-0.39, 0.29) is 22.7 Å². The smallest absolute Gasteiger partial charge is 0.300 e. The van der Waals surface area contributed by atoms with Crippen molar-refractivity contribution in [3.63, 3.8) is 0 Å². The molecule has 10 heteroatoms. The van der Waals surface area contributed by atoms with Gasteiger partial charge in [-0.15, -0.1) is 0 Å². The maximum absolute atomic E-state index is 15.4. The van der Waals surface area contributed by atoms with Gasteiger partial charge in [-0.1, -0.05) is 24.3 Å². The zero-order valence-corrected chi connectivity index (χ0v) is 20.9. The van der Waals surface area contributed by atoms with Crippen LogP contribution in [-0.4, -0.2) is 52.0 Å². The van der Waals surface area contributed by atoms with Gasteiger partial charge >= 0.3 is 0 Å². The number of fused-ring (bicyclic) bond motifs is 1. The third-order valence-corrected chi connectivity index (χ3v) is 7.83. The topological polar surface area (TPSA) is 101 Å². The highest BCUT2D eigenvalue weighted by molar-refractivity contribution is 7.90. The molecule has 8 nitrogen and oxygen atoms in total. The number of hydrogen-bond acceptors (Lipinski definition) is 6. The van der Waals surface area contributed by atoms with E-state index >= 15 is 4.39 Å². The van der Waals surface area contributed by atoms with Crippen LogP contribution in [0.2, 0.25) is 0 Å². The molecule has 0 aliphatic carbocycles. The highest BCUT2D eigenvalue weighted by atomic mass is 32.2. The Kier molecular flexibility index (Phi) is 6.07. The minimum Gasteiger partial charge on any atom is -0.497 e. The lowest BCUT2D eigenvalue weighted by Crippen LogP contribution is -2.54. The predicted molar refractivity (Wildman–Crippen MR) is 135 cm³/mol. The van der Waals surface area contributed by atoms with Crippen molar-refractivity contribution in [2.45, 2.75) is 23.8 Å². The van der Waals surface area contributed by atoms with Crippen LogP contribution in [0.1, 0.15) is 23.2 Å². The van der Waals surface area contributed by atoms with Crippen LogP contribution in [0, 0.1) is 5.82 Å². The molecule has 0 saturated carbocycles. The summed E-state index contributed by atoms with van der Waals surface area (Å²) in [6.07, 6.45) is 1.89. The number of amides is 2. The highest BCUT2D eigenvalue weighted by Gasteiger charge is 2.45. The van der Waals surface area contributed by atoms with Gasteiger partial charge < -0.3 is 9.64 Å². The minimum atomic E-state index is -3.55. The lowest BCUT2D eigenvalue weighted by atomic mass is 10.00. The van der Waals surface area contributed by atoms with Crippen molar-refractivity contribution in [3.8, 4) is 16.9 Å². The molecular formula is C27H23FN2O6S. The van der Waals surface area contributed by atoms with E-state index in [1.165, 1.54) is 41.2 Å². The zero-order valence-electron chi connectivity index (χ0n) is 20.1. The first kappa shape index (κ1) is 24.6. The van der Waals surface area contributed by atoms with Crippen LogP contribution in [0.5, 0.6) is 5.75 Å². The average molecular weight is 523 g/mol. The fourth-order valence-electron chi connectivity index (χ4n) is 4.93. The molecule has 0 radical (unpaired) electrons. The number of Topliss-reactive ketones (excluding diaryl/α,β-unsaturated/α-hetero) is 1. The summed E-state index contributed by atoms with van der Waals surface area (Å²) >= 11 is 0. The second-order valence-corrected chi connectivity index (χ2v) is 11.0. The van der Waals surface area contributed by atoms with E-state index in [9.17, 15) is 22.8 Å². The summed E-state index contributed by atoms with van der Waals surface area (Å²) in [5.41, 5.74) is 1.21. The number of nitrogens with zero attached hydrogens (tertiary/aromatic N) is 2. The van der Waals surface area contributed by atoms with E-state index in [0.717, 1.165) is 6.26 Å². The molecule has 5 rings (SSSR count). The summed E-state index contributed by atoms with van der Waals surface area (Å²) in [4.78, 5) is 41.6. The van der Waals surface area contributed by atoms with Crippen molar-refractivity contribution in [3.05, 3.63) is 72.0 Å². The number of carbonyl (C=O) groups is 3. The molecule has 0 spiro atoms. The Labute approximate surface area is 213 Å². The van der Waals surface area contributed by atoms with Gasteiger partial charge in [0.25, 0.3) is 11.7 Å². The van der Waals surface area contributed by atoms with Gasteiger partial charge in [-0.25, -0.2) is 12.8 Å². The normalized spacial score (nSPS) is 17.8. The first-order valence-corrected chi connectivity index (χ1v) is 13.5. The molecule has 1 fully saturated rings. The van der Waals surface area contributed by atoms with Crippen molar-refractivity contribution in [1.82, 2.24) is 0 Å². The number of piperidine rings is 1. The first-order valence-electron chi connectivity index (χ1n) is 11.6. The summed E-state index contributed by atoms with van der Waals surface area (Å²) in [6.45, 7) is 0.233. The number of halogens is 1. The van der Waals surface area contributed by atoms with E-state index < -0.39 is 39.3 Å². The molecule has 37 heavy (non-hydrogen) atoms. The van der Waals surface area contributed by atoms with Crippen molar-refractivity contribution >= 4 is 38.8 Å². The number of methoxy groups -OCH3 is 1. The molecule has 2 heterocycles. The van der Waals surface area contributed by atoms with Crippen molar-refractivity contribution < 1.29 is 31.9 Å². The molecule has 0 aromatic heterocycles. The van der Waals surface area contributed by atoms with Crippen molar-refractivity contribution in [2.24, 2.45) is 0 Å². The SMILES string of the molecule is COc1ccc2c(c1)C(=O)C(=O)N2C1CCCN(c2ccc(-c3ccccc3S(C)(=O)=O)cc2F)C1=O. The Balaban J connectivity index is 1.48. The largest absolute Gasteiger partial charge is 0.497 e. The standard InChI is InChI=1S/C27H23FN2O6S/c1-36-17-10-12-21-19(15-17)25(31)27(33)30(21)23-7-5-13-29(26(23)32)22-11-9-16(14-20(22)28)18-6-3-4-8-24(18)37(2,34)35/h3-4,6,8-12,14-15,23H,5,7,13H2,1-2H3. The van der Waals surface area contributed by atoms with Gasteiger partial charge in [0, 0.05) is 18.4 Å². The van der Waals surface area contributed by atoms with Crippen molar-refractivity contribution in [1.29, 1.82) is 0 Å². The molecule has 0 N–H and O–H groups in total. The van der Waals surface area contributed by atoms with Gasteiger partial charge in [-0.3, -0.25) is 19.3 Å². The summed E-state index contributed by atoms with van der Waals surface area (Å²) in [7, 11) is -2.10. The third-order valence-electron chi connectivity index (χ3n) is 6.68. The fourth-order valence-corrected chi connectivity index (χ4v) is 5.85. The number of anilines is 2. The van der Waals surface area contributed by atoms with Crippen LogP contribution < -0.4 is 14.5 Å². The Morgan fingerprint density at radius 1 is 0.946 bits per heavy atom. The van der Waals surface area contributed by atoms with Crippen LogP contribution in [-0.2, 0) is 19.4 Å².